The van der Waals surface area contributed by atoms with Gasteiger partial charge in [0.1, 0.15) is 0 Å². The number of carbonyl (C=O) groups excluding carboxylic acids is 1. The summed E-state index contributed by atoms with van der Waals surface area (Å²) in [6.07, 6.45) is 2.10. The lowest BCUT2D eigenvalue weighted by atomic mass is 10.0. The Morgan fingerprint density at radius 1 is 1.26 bits per heavy atom. The first-order valence-electron chi connectivity index (χ1n) is 7.85. The van der Waals surface area contributed by atoms with Crippen LogP contribution in [-0.4, -0.2) is 48.4 Å². The fourth-order valence-electron chi connectivity index (χ4n) is 2.93. The summed E-state index contributed by atoms with van der Waals surface area (Å²) in [5.74, 6) is 0.108. The number of carbonyl (C=O) groups is 1. The zero-order valence-corrected chi connectivity index (χ0v) is 15.6. The Morgan fingerprint density at radius 2 is 1.83 bits per heavy atom. The fourth-order valence-corrected chi connectivity index (χ4v) is 2.93. The van der Waals surface area contributed by atoms with Gasteiger partial charge in [-0.25, -0.2) is 0 Å². The van der Waals surface area contributed by atoms with Crippen LogP contribution >= 0.6 is 24.8 Å². The Bertz CT molecular complexity index is 450. The summed E-state index contributed by atoms with van der Waals surface area (Å²) in [7, 11) is 1.92. The third-order valence-electron chi connectivity index (χ3n) is 4.48. The number of benzene rings is 1. The molecule has 1 aliphatic heterocycles. The van der Waals surface area contributed by atoms with E-state index in [4.69, 9.17) is 5.73 Å². The van der Waals surface area contributed by atoms with Gasteiger partial charge in [-0.1, -0.05) is 37.3 Å². The van der Waals surface area contributed by atoms with Crippen molar-refractivity contribution in [1.82, 2.24) is 9.80 Å². The highest BCUT2D eigenvalue weighted by atomic mass is 35.5. The third kappa shape index (κ3) is 6.30. The highest BCUT2D eigenvalue weighted by Crippen LogP contribution is 2.18. The molecular formula is C17H29Cl2N3O. The standard InChI is InChI=1S/C17H27N3O.2ClH/c1-14(12-18)17(21)19(2)16-8-10-20(11-9-16)13-15-6-4-3-5-7-15;;/h3-7,14,16H,8-13,18H2,1-2H3;2*1H. The van der Waals surface area contributed by atoms with Gasteiger partial charge < -0.3 is 10.6 Å². The first-order chi connectivity index (χ1) is 10.1. The van der Waals surface area contributed by atoms with E-state index in [1.54, 1.807) is 0 Å². The predicted molar refractivity (Wildman–Crippen MR) is 100 cm³/mol. The third-order valence-corrected chi connectivity index (χ3v) is 4.48. The molecule has 0 aliphatic carbocycles. The molecule has 0 bridgehead atoms. The molecule has 132 valence electrons. The summed E-state index contributed by atoms with van der Waals surface area (Å²) in [5.41, 5.74) is 6.95. The Kier molecular flexibility index (Phi) is 10.5. The Labute approximate surface area is 152 Å². The molecule has 1 aromatic rings. The van der Waals surface area contributed by atoms with Crippen molar-refractivity contribution in [1.29, 1.82) is 0 Å². The van der Waals surface area contributed by atoms with Crippen LogP contribution < -0.4 is 5.73 Å². The van der Waals surface area contributed by atoms with Crippen LogP contribution in [0.1, 0.15) is 25.3 Å². The molecule has 1 amide bonds. The molecule has 0 saturated carbocycles. The maximum atomic E-state index is 12.2. The number of rotatable bonds is 5. The number of piperidine rings is 1. The molecular weight excluding hydrogens is 333 g/mol. The number of nitrogens with zero attached hydrogens (tertiary/aromatic N) is 2. The van der Waals surface area contributed by atoms with Crippen molar-refractivity contribution in [2.75, 3.05) is 26.7 Å². The summed E-state index contributed by atoms with van der Waals surface area (Å²) >= 11 is 0. The lowest BCUT2D eigenvalue weighted by molar-refractivity contribution is -0.136. The summed E-state index contributed by atoms with van der Waals surface area (Å²) < 4.78 is 0. The zero-order chi connectivity index (χ0) is 15.2. The average molecular weight is 362 g/mol. The monoisotopic (exact) mass is 361 g/mol. The van der Waals surface area contributed by atoms with E-state index in [2.05, 4.69) is 35.2 Å². The normalized spacial score (nSPS) is 16.8. The van der Waals surface area contributed by atoms with Crippen LogP contribution in [0.25, 0.3) is 0 Å². The molecule has 0 radical (unpaired) electrons. The average Bonchev–Trinajstić information content (AvgIpc) is 2.54. The minimum Gasteiger partial charge on any atom is -0.342 e. The van der Waals surface area contributed by atoms with Crippen molar-refractivity contribution >= 4 is 30.7 Å². The highest BCUT2D eigenvalue weighted by Gasteiger charge is 2.27. The van der Waals surface area contributed by atoms with Crippen molar-refractivity contribution in [2.45, 2.75) is 32.4 Å². The molecule has 1 aromatic carbocycles. The van der Waals surface area contributed by atoms with Gasteiger partial charge in [0.2, 0.25) is 5.91 Å². The van der Waals surface area contributed by atoms with Crippen LogP contribution in [-0.2, 0) is 11.3 Å². The second kappa shape index (κ2) is 10.9. The molecule has 2 rings (SSSR count). The van der Waals surface area contributed by atoms with Gasteiger partial charge in [-0.15, -0.1) is 24.8 Å². The number of hydrogen-bond acceptors (Lipinski definition) is 3. The lowest BCUT2D eigenvalue weighted by Gasteiger charge is -2.37. The summed E-state index contributed by atoms with van der Waals surface area (Å²) in [6.45, 7) is 5.44. The van der Waals surface area contributed by atoms with Gasteiger partial charge in [0.05, 0.1) is 0 Å². The van der Waals surface area contributed by atoms with Crippen molar-refractivity contribution in [3.05, 3.63) is 35.9 Å². The van der Waals surface area contributed by atoms with E-state index < -0.39 is 0 Å². The molecule has 1 saturated heterocycles. The van der Waals surface area contributed by atoms with Crippen molar-refractivity contribution in [2.24, 2.45) is 11.7 Å². The van der Waals surface area contributed by atoms with Gasteiger partial charge in [0.15, 0.2) is 0 Å². The fraction of sp³-hybridized carbons (Fsp3) is 0.588. The molecule has 1 heterocycles. The van der Waals surface area contributed by atoms with Gasteiger partial charge in [-0.2, -0.15) is 0 Å². The molecule has 0 aromatic heterocycles. The quantitative estimate of drug-likeness (QED) is 0.876. The molecule has 23 heavy (non-hydrogen) atoms. The minimum absolute atomic E-state index is 0. The van der Waals surface area contributed by atoms with Gasteiger partial charge in [-0.05, 0) is 18.4 Å². The molecule has 1 atom stereocenters. The van der Waals surface area contributed by atoms with Crippen molar-refractivity contribution < 1.29 is 4.79 Å². The smallest absolute Gasteiger partial charge is 0.226 e. The predicted octanol–water partition coefficient (Wildman–Crippen LogP) is 2.55. The molecule has 4 nitrogen and oxygen atoms in total. The number of likely N-dealkylation sites (tertiary alicyclic amines) is 1. The molecule has 1 unspecified atom stereocenters. The van der Waals surface area contributed by atoms with E-state index in [9.17, 15) is 4.79 Å². The van der Waals surface area contributed by atoms with Gasteiger partial charge >= 0.3 is 0 Å². The largest absolute Gasteiger partial charge is 0.342 e. The Balaban J connectivity index is 0.00000242. The van der Waals surface area contributed by atoms with Crippen LogP contribution in [0, 0.1) is 5.92 Å². The number of hydrogen-bond donors (Lipinski definition) is 1. The van der Waals surface area contributed by atoms with E-state index in [-0.39, 0.29) is 36.6 Å². The van der Waals surface area contributed by atoms with Crippen molar-refractivity contribution in [3.8, 4) is 0 Å². The van der Waals surface area contributed by atoms with E-state index in [1.165, 1.54) is 5.56 Å². The Morgan fingerprint density at radius 3 is 2.35 bits per heavy atom. The second-order valence-electron chi connectivity index (χ2n) is 6.08. The van der Waals surface area contributed by atoms with Gasteiger partial charge in [0, 0.05) is 45.2 Å². The van der Waals surface area contributed by atoms with E-state index >= 15 is 0 Å². The zero-order valence-electron chi connectivity index (χ0n) is 14.0. The SMILES string of the molecule is CC(CN)C(=O)N(C)C1CCN(Cc2ccccc2)CC1.Cl.Cl. The molecule has 0 spiro atoms. The van der Waals surface area contributed by atoms with Crippen LogP contribution in [0.5, 0.6) is 0 Å². The lowest BCUT2D eigenvalue weighted by Crippen LogP contribution is -2.47. The van der Waals surface area contributed by atoms with E-state index in [0.29, 0.717) is 12.6 Å². The number of amides is 1. The molecule has 6 heteroatoms. The highest BCUT2D eigenvalue weighted by molar-refractivity contribution is 5.85. The van der Waals surface area contributed by atoms with Crippen LogP contribution in [0.4, 0.5) is 0 Å². The van der Waals surface area contributed by atoms with E-state index in [0.717, 1.165) is 32.5 Å². The minimum atomic E-state index is -0.0719. The first-order valence-corrected chi connectivity index (χ1v) is 7.85. The molecule has 1 aliphatic rings. The topological polar surface area (TPSA) is 49.6 Å². The Hall–Kier alpha value is -0.810. The van der Waals surface area contributed by atoms with Gasteiger partial charge in [-0.3, -0.25) is 9.69 Å². The molecule has 1 fully saturated rings. The van der Waals surface area contributed by atoms with Crippen LogP contribution in [0.3, 0.4) is 0 Å². The maximum Gasteiger partial charge on any atom is 0.226 e. The summed E-state index contributed by atoms with van der Waals surface area (Å²) in [6, 6.07) is 10.9. The van der Waals surface area contributed by atoms with Crippen molar-refractivity contribution in [3.63, 3.8) is 0 Å². The maximum absolute atomic E-state index is 12.2. The number of nitrogens with two attached hydrogens (primary N) is 1. The number of halogens is 2. The first kappa shape index (κ1) is 22.2. The molecule has 2 N–H and O–H groups in total. The summed E-state index contributed by atoms with van der Waals surface area (Å²) in [5, 5.41) is 0. The van der Waals surface area contributed by atoms with Crippen LogP contribution in [0.2, 0.25) is 0 Å². The summed E-state index contributed by atoms with van der Waals surface area (Å²) in [4.78, 5) is 16.6. The van der Waals surface area contributed by atoms with E-state index in [1.807, 2.05) is 18.9 Å². The van der Waals surface area contributed by atoms with Crippen LogP contribution in [0.15, 0.2) is 30.3 Å². The second-order valence-corrected chi connectivity index (χ2v) is 6.08. The van der Waals surface area contributed by atoms with Gasteiger partial charge in [0.25, 0.3) is 0 Å².